The predicted molar refractivity (Wildman–Crippen MR) is 67.5 cm³/mol. The van der Waals surface area contributed by atoms with Gasteiger partial charge in [0.25, 0.3) is 5.78 Å². The molecule has 0 aliphatic rings. The fourth-order valence-corrected chi connectivity index (χ4v) is 2.29. The second-order valence-corrected chi connectivity index (χ2v) is 5.16. The summed E-state index contributed by atoms with van der Waals surface area (Å²) < 4.78 is 50.4. The second kappa shape index (κ2) is 6.25. The average molecular weight is 319 g/mol. The highest BCUT2D eigenvalue weighted by Gasteiger charge is 2.41. The third kappa shape index (κ3) is 4.28. The number of ketones is 1. The number of aromatic nitrogens is 3. The fraction of sp³-hybridized carbons (Fsp3) is 0.250. The summed E-state index contributed by atoms with van der Waals surface area (Å²) in [5, 5.41) is 6.67. The Bertz CT molecular complexity index is 624. The Morgan fingerprint density at radius 3 is 2.52 bits per heavy atom. The Labute approximate surface area is 121 Å². The van der Waals surface area contributed by atoms with Crippen LogP contribution < -0.4 is 0 Å². The SMILES string of the molecule is O=C(c1cn(CCSc2ccc(F)cc2)nn1)C(F)(F)F. The van der Waals surface area contributed by atoms with Gasteiger partial charge in [-0.25, -0.2) is 4.39 Å². The van der Waals surface area contributed by atoms with E-state index in [1.807, 2.05) is 0 Å². The molecule has 0 saturated carbocycles. The van der Waals surface area contributed by atoms with Crippen LogP contribution in [0.25, 0.3) is 0 Å². The van der Waals surface area contributed by atoms with Crippen molar-refractivity contribution in [3.05, 3.63) is 42.0 Å². The van der Waals surface area contributed by atoms with Gasteiger partial charge < -0.3 is 0 Å². The van der Waals surface area contributed by atoms with E-state index >= 15 is 0 Å². The number of nitrogens with zero attached hydrogens (tertiary/aromatic N) is 3. The minimum Gasteiger partial charge on any atom is -0.282 e. The van der Waals surface area contributed by atoms with Crippen LogP contribution in [0.2, 0.25) is 0 Å². The molecular formula is C12H9F4N3OS. The lowest BCUT2D eigenvalue weighted by atomic mass is 10.3. The normalized spacial score (nSPS) is 11.6. The standard InChI is InChI=1S/C12H9F4N3OS/c13-8-1-3-9(4-2-8)21-6-5-19-7-10(17-18-19)11(20)12(14,15)16/h1-4,7H,5-6H2. The third-order valence-corrected chi connectivity index (χ3v) is 3.42. The first-order valence-corrected chi connectivity index (χ1v) is 6.75. The van der Waals surface area contributed by atoms with Gasteiger partial charge in [-0.2, -0.15) is 13.2 Å². The molecule has 0 N–H and O–H groups in total. The van der Waals surface area contributed by atoms with Gasteiger partial charge in [-0.1, -0.05) is 5.21 Å². The average Bonchev–Trinajstić information content (AvgIpc) is 2.88. The second-order valence-electron chi connectivity index (χ2n) is 4.00. The van der Waals surface area contributed by atoms with Crippen LogP contribution in [0.3, 0.4) is 0 Å². The molecule has 0 atom stereocenters. The highest BCUT2D eigenvalue weighted by molar-refractivity contribution is 7.99. The number of thioether (sulfide) groups is 1. The lowest BCUT2D eigenvalue weighted by Crippen LogP contribution is -2.23. The molecule has 0 unspecified atom stereocenters. The maximum Gasteiger partial charge on any atom is 0.456 e. The summed E-state index contributed by atoms with van der Waals surface area (Å²) in [7, 11) is 0. The zero-order chi connectivity index (χ0) is 15.5. The maximum atomic E-state index is 12.7. The van der Waals surface area contributed by atoms with Crippen molar-refractivity contribution in [2.24, 2.45) is 0 Å². The predicted octanol–water partition coefficient (Wildman–Crippen LogP) is 2.95. The van der Waals surface area contributed by atoms with E-state index < -0.39 is 17.7 Å². The number of hydrogen-bond donors (Lipinski definition) is 0. The number of hydrogen-bond acceptors (Lipinski definition) is 4. The molecule has 0 radical (unpaired) electrons. The van der Waals surface area contributed by atoms with Gasteiger partial charge in [-0.05, 0) is 24.3 Å². The number of carbonyl (C=O) groups is 1. The molecule has 0 fully saturated rings. The summed E-state index contributed by atoms with van der Waals surface area (Å²) in [4.78, 5) is 11.7. The highest BCUT2D eigenvalue weighted by atomic mass is 32.2. The van der Waals surface area contributed by atoms with Crippen molar-refractivity contribution in [1.82, 2.24) is 15.0 Å². The molecule has 0 spiro atoms. The minimum atomic E-state index is -4.95. The quantitative estimate of drug-likeness (QED) is 0.483. The Balaban J connectivity index is 1.88. The number of carbonyl (C=O) groups excluding carboxylic acids is 1. The number of rotatable bonds is 5. The van der Waals surface area contributed by atoms with E-state index in [2.05, 4.69) is 10.3 Å². The van der Waals surface area contributed by atoms with E-state index in [0.29, 0.717) is 5.75 Å². The summed E-state index contributed by atoms with van der Waals surface area (Å²) in [5.41, 5.74) is -0.728. The highest BCUT2D eigenvalue weighted by Crippen LogP contribution is 2.20. The van der Waals surface area contributed by atoms with Gasteiger partial charge in [0.15, 0.2) is 5.69 Å². The molecule has 2 rings (SSSR count). The molecule has 9 heteroatoms. The molecule has 1 aromatic carbocycles. The van der Waals surface area contributed by atoms with Gasteiger partial charge in [-0.3, -0.25) is 9.48 Å². The maximum absolute atomic E-state index is 12.7. The number of halogens is 4. The lowest BCUT2D eigenvalue weighted by molar-refractivity contribution is -0.0888. The Morgan fingerprint density at radius 1 is 1.24 bits per heavy atom. The first-order valence-electron chi connectivity index (χ1n) is 5.76. The van der Waals surface area contributed by atoms with Crippen molar-refractivity contribution in [2.75, 3.05) is 5.75 Å². The third-order valence-electron chi connectivity index (χ3n) is 2.43. The molecule has 0 bridgehead atoms. The molecule has 112 valence electrons. The number of Topliss-reactive ketones (excluding diaryl/α,β-unsaturated/α-hetero) is 1. The Kier molecular flexibility index (Phi) is 4.61. The van der Waals surface area contributed by atoms with Crippen LogP contribution in [0, 0.1) is 5.82 Å². The van der Waals surface area contributed by atoms with Gasteiger partial charge in [0.2, 0.25) is 0 Å². The number of aryl methyl sites for hydroxylation is 1. The zero-order valence-corrected chi connectivity index (χ0v) is 11.3. The van der Waals surface area contributed by atoms with E-state index in [4.69, 9.17) is 0 Å². The van der Waals surface area contributed by atoms with Crippen LogP contribution >= 0.6 is 11.8 Å². The van der Waals surface area contributed by atoms with Gasteiger partial charge in [0, 0.05) is 10.6 Å². The molecule has 0 aliphatic heterocycles. The van der Waals surface area contributed by atoms with Crippen molar-refractivity contribution in [3.63, 3.8) is 0 Å². The molecule has 0 amide bonds. The van der Waals surface area contributed by atoms with Crippen LogP contribution in [0.1, 0.15) is 10.5 Å². The monoisotopic (exact) mass is 319 g/mol. The molecule has 0 saturated heterocycles. The van der Waals surface area contributed by atoms with E-state index in [9.17, 15) is 22.4 Å². The first kappa shape index (κ1) is 15.5. The summed E-state index contributed by atoms with van der Waals surface area (Å²) in [6, 6.07) is 5.83. The van der Waals surface area contributed by atoms with Crippen molar-refractivity contribution >= 4 is 17.5 Å². The minimum absolute atomic E-state index is 0.278. The van der Waals surface area contributed by atoms with E-state index in [1.54, 1.807) is 12.1 Å². The van der Waals surface area contributed by atoms with Gasteiger partial charge >= 0.3 is 6.18 Å². The molecule has 21 heavy (non-hydrogen) atoms. The molecule has 1 heterocycles. The Hall–Kier alpha value is -1.90. The van der Waals surface area contributed by atoms with Gasteiger partial charge in [0.1, 0.15) is 5.82 Å². The molecule has 0 aliphatic carbocycles. The summed E-state index contributed by atoms with van der Waals surface area (Å²) in [6.45, 7) is 0.278. The van der Waals surface area contributed by atoms with Crippen LogP contribution in [-0.2, 0) is 6.54 Å². The van der Waals surface area contributed by atoms with Crippen LogP contribution in [0.15, 0.2) is 35.4 Å². The molecule has 1 aromatic heterocycles. The first-order chi connectivity index (χ1) is 9.86. The van der Waals surface area contributed by atoms with Crippen LogP contribution in [0.4, 0.5) is 17.6 Å². The van der Waals surface area contributed by atoms with E-state index in [1.165, 1.54) is 23.9 Å². The van der Waals surface area contributed by atoms with Gasteiger partial charge in [0.05, 0.1) is 12.7 Å². The van der Waals surface area contributed by atoms with Crippen LogP contribution in [-0.4, -0.2) is 32.7 Å². The smallest absolute Gasteiger partial charge is 0.282 e. The molecule has 4 nitrogen and oxygen atoms in total. The summed E-state index contributed by atoms with van der Waals surface area (Å²) >= 11 is 1.38. The van der Waals surface area contributed by atoms with Crippen molar-refractivity contribution in [3.8, 4) is 0 Å². The zero-order valence-electron chi connectivity index (χ0n) is 10.5. The van der Waals surface area contributed by atoms with Crippen LogP contribution in [0.5, 0.6) is 0 Å². The van der Waals surface area contributed by atoms with Crippen molar-refractivity contribution in [2.45, 2.75) is 17.6 Å². The lowest BCUT2D eigenvalue weighted by Gasteiger charge is -2.02. The number of alkyl halides is 3. The van der Waals surface area contributed by atoms with E-state index in [0.717, 1.165) is 15.8 Å². The largest absolute Gasteiger partial charge is 0.456 e. The number of benzene rings is 1. The Morgan fingerprint density at radius 2 is 1.90 bits per heavy atom. The fourth-order valence-electron chi connectivity index (χ4n) is 1.44. The van der Waals surface area contributed by atoms with E-state index in [-0.39, 0.29) is 12.4 Å². The summed E-state index contributed by atoms with van der Waals surface area (Å²) in [5.74, 6) is -1.86. The molecular weight excluding hydrogens is 310 g/mol. The van der Waals surface area contributed by atoms with Gasteiger partial charge in [-0.15, -0.1) is 16.9 Å². The van der Waals surface area contributed by atoms with Crippen molar-refractivity contribution in [1.29, 1.82) is 0 Å². The van der Waals surface area contributed by atoms with Crippen molar-refractivity contribution < 1.29 is 22.4 Å². The summed E-state index contributed by atoms with van der Waals surface area (Å²) in [6.07, 6.45) is -4.00. The molecule has 2 aromatic rings. The topological polar surface area (TPSA) is 47.8 Å².